The molecule has 3 aliphatic heterocycles. The maximum atomic E-state index is 13.4. The fraction of sp³-hybridized carbons (Fsp3) is 0.654. The van der Waals surface area contributed by atoms with E-state index in [0.717, 1.165) is 0 Å². The first-order valence-corrected chi connectivity index (χ1v) is 12.5. The number of halogens is 1. The van der Waals surface area contributed by atoms with E-state index in [1.54, 1.807) is 19.9 Å². The molecule has 0 N–H and O–H groups in total. The zero-order valence-electron chi connectivity index (χ0n) is 21.6. The van der Waals surface area contributed by atoms with Crippen molar-refractivity contribution in [3.63, 3.8) is 0 Å². The van der Waals surface area contributed by atoms with E-state index in [0.29, 0.717) is 5.57 Å². The summed E-state index contributed by atoms with van der Waals surface area (Å²) in [5, 5.41) is -1.01. The van der Waals surface area contributed by atoms with Gasteiger partial charge in [-0.05, 0) is 19.9 Å². The molecule has 3 fully saturated rings. The van der Waals surface area contributed by atoms with E-state index in [1.807, 2.05) is 0 Å². The minimum Gasteiger partial charge on any atom is -0.459 e. The molecule has 202 valence electrons. The van der Waals surface area contributed by atoms with Crippen LogP contribution in [0.2, 0.25) is 0 Å². The van der Waals surface area contributed by atoms with Gasteiger partial charge in [0.1, 0.15) is 18.3 Å². The Morgan fingerprint density at radius 3 is 2.24 bits per heavy atom. The third-order valence-corrected chi connectivity index (χ3v) is 8.72. The molecule has 37 heavy (non-hydrogen) atoms. The van der Waals surface area contributed by atoms with Gasteiger partial charge in [0.05, 0.1) is 17.2 Å². The number of carbonyl (C=O) groups excluding carboxylic acids is 5. The van der Waals surface area contributed by atoms with Crippen molar-refractivity contribution in [3.05, 3.63) is 24.3 Å². The van der Waals surface area contributed by atoms with E-state index in [2.05, 4.69) is 6.58 Å². The van der Waals surface area contributed by atoms with Crippen LogP contribution in [0.25, 0.3) is 0 Å². The molecule has 0 unspecified atom stereocenters. The van der Waals surface area contributed by atoms with Crippen LogP contribution in [0.1, 0.15) is 48.0 Å². The van der Waals surface area contributed by atoms with Crippen molar-refractivity contribution in [2.45, 2.75) is 89.0 Å². The maximum absolute atomic E-state index is 13.4. The van der Waals surface area contributed by atoms with Crippen molar-refractivity contribution >= 4 is 41.3 Å². The van der Waals surface area contributed by atoms with Crippen LogP contribution in [0.3, 0.4) is 0 Å². The number of ketones is 1. The maximum Gasteiger partial charge on any atom is 0.312 e. The molecule has 0 saturated carbocycles. The lowest BCUT2D eigenvalue weighted by Gasteiger charge is -2.63. The quantitative estimate of drug-likeness (QED) is 0.228. The summed E-state index contributed by atoms with van der Waals surface area (Å²) in [5.41, 5.74) is -4.32. The number of carbonyl (C=O) groups is 5. The van der Waals surface area contributed by atoms with Gasteiger partial charge in [0, 0.05) is 32.6 Å². The van der Waals surface area contributed by atoms with Crippen molar-refractivity contribution in [3.8, 4) is 0 Å². The van der Waals surface area contributed by atoms with Gasteiger partial charge in [0.25, 0.3) is 0 Å². The van der Waals surface area contributed by atoms with E-state index in [9.17, 15) is 24.0 Å². The standard InChI is InChI=1S/C26H31ClO10/c1-11-10-16(33-13(3)28)20-24(6)9-8-17(31)25(7,36-15(5)30)19(24)22(34-14(4)29)26(37-20)12(2)23(32)35-21(26)18(11)27/h8-9,12,16,18-22H,1,10H2,2-7H3/t12-,16+,18-,19+,20-,21-,22+,24-,25+,26+/m0/s1. The molecular weight excluding hydrogens is 508 g/mol. The minimum absolute atomic E-state index is 0.0729. The molecule has 3 heterocycles. The fourth-order valence-corrected chi connectivity index (χ4v) is 7.02. The number of hydrogen-bond donors (Lipinski definition) is 0. The molecule has 11 heteroatoms. The summed E-state index contributed by atoms with van der Waals surface area (Å²) in [4.78, 5) is 63.4. The van der Waals surface area contributed by atoms with Crippen molar-refractivity contribution in [1.29, 1.82) is 0 Å². The van der Waals surface area contributed by atoms with Gasteiger partial charge in [-0.25, -0.2) is 0 Å². The SMILES string of the molecule is C=C1C[C@@H](OC(C)=O)[C@@H]2O[C@]3([C@H](OC(C)=O)[C@@H]4[C@]2(C)C=CC(=O)[C@@]4(C)OC(C)=O)[C@@H](C)C(=O)O[C@H]3[C@H]1Cl. The molecule has 0 radical (unpaired) electrons. The Morgan fingerprint density at radius 1 is 1.05 bits per heavy atom. The lowest BCUT2D eigenvalue weighted by Crippen LogP contribution is -2.77. The highest BCUT2D eigenvalue weighted by molar-refractivity contribution is 6.23. The Hall–Kier alpha value is -2.72. The first-order valence-electron chi connectivity index (χ1n) is 12.1. The van der Waals surface area contributed by atoms with Gasteiger partial charge in [-0.1, -0.05) is 25.2 Å². The molecule has 0 amide bonds. The van der Waals surface area contributed by atoms with Crippen LogP contribution in [0.4, 0.5) is 0 Å². The lowest BCUT2D eigenvalue weighted by atomic mass is 9.52. The number of alkyl halides is 1. The van der Waals surface area contributed by atoms with Crippen LogP contribution in [-0.2, 0) is 47.7 Å². The highest BCUT2D eigenvalue weighted by Gasteiger charge is 2.77. The second kappa shape index (κ2) is 8.94. The molecule has 4 aliphatic rings. The number of hydrogen-bond acceptors (Lipinski definition) is 10. The Balaban J connectivity index is 2.08. The summed E-state index contributed by atoms with van der Waals surface area (Å²) < 4.78 is 29.7. The number of esters is 4. The third-order valence-electron chi connectivity index (χ3n) is 8.18. The second-order valence-corrected chi connectivity index (χ2v) is 11.1. The van der Waals surface area contributed by atoms with Gasteiger partial charge in [-0.15, -0.1) is 11.6 Å². The minimum atomic E-state index is -1.83. The summed E-state index contributed by atoms with van der Waals surface area (Å²) >= 11 is 6.81. The molecule has 1 spiro atoms. The predicted octanol–water partition coefficient (Wildman–Crippen LogP) is 2.20. The molecule has 0 aromatic rings. The van der Waals surface area contributed by atoms with Crippen LogP contribution < -0.4 is 0 Å². The van der Waals surface area contributed by atoms with Gasteiger partial charge in [0.15, 0.2) is 23.1 Å². The Kier molecular flexibility index (Phi) is 6.60. The van der Waals surface area contributed by atoms with Crippen molar-refractivity contribution in [1.82, 2.24) is 0 Å². The molecule has 0 aromatic heterocycles. The zero-order valence-corrected chi connectivity index (χ0v) is 22.3. The highest BCUT2D eigenvalue weighted by Crippen LogP contribution is 2.62. The smallest absolute Gasteiger partial charge is 0.312 e. The molecule has 10 nitrogen and oxygen atoms in total. The summed E-state index contributed by atoms with van der Waals surface area (Å²) in [6.07, 6.45) is -1.49. The summed E-state index contributed by atoms with van der Waals surface area (Å²) in [7, 11) is 0. The van der Waals surface area contributed by atoms with E-state index in [4.69, 9.17) is 35.3 Å². The zero-order chi connectivity index (χ0) is 27.7. The third kappa shape index (κ3) is 3.91. The van der Waals surface area contributed by atoms with Crippen molar-refractivity contribution in [2.24, 2.45) is 17.3 Å². The average Bonchev–Trinajstić information content (AvgIpc) is 3.01. The highest BCUT2D eigenvalue weighted by atomic mass is 35.5. The van der Waals surface area contributed by atoms with Crippen LogP contribution in [0.15, 0.2) is 24.3 Å². The Bertz CT molecular complexity index is 1110. The molecule has 10 atom stereocenters. The molecule has 0 aromatic carbocycles. The van der Waals surface area contributed by atoms with E-state index >= 15 is 0 Å². The van der Waals surface area contributed by atoms with Crippen LogP contribution in [0.5, 0.6) is 0 Å². The van der Waals surface area contributed by atoms with Crippen LogP contribution in [0, 0.1) is 17.3 Å². The Labute approximate surface area is 219 Å². The first-order chi connectivity index (χ1) is 17.1. The van der Waals surface area contributed by atoms with Gasteiger partial charge in [-0.3, -0.25) is 24.0 Å². The fourth-order valence-electron chi connectivity index (χ4n) is 6.68. The predicted molar refractivity (Wildman–Crippen MR) is 127 cm³/mol. The normalized spacial score (nSPS) is 44.5. The molecule has 4 rings (SSSR count). The van der Waals surface area contributed by atoms with Crippen LogP contribution in [-0.4, -0.2) is 70.7 Å². The average molecular weight is 539 g/mol. The molecule has 1 aliphatic carbocycles. The summed E-state index contributed by atoms with van der Waals surface area (Å²) in [5.74, 6) is -5.33. The topological polar surface area (TPSA) is 132 Å². The van der Waals surface area contributed by atoms with E-state index in [-0.39, 0.29) is 6.42 Å². The first kappa shape index (κ1) is 27.3. The second-order valence-electron chi connectivity index (χ2n) is 10.7. The Morgan fingerprint density at radius 2 is 1.68 bits per heavy atom. The van der Waals surface area contributed by atoms with Gasteiger partial charge in [-0.2, -0.15) is 0 Å². The largest absolute Gasteiger partial charge is 0.459 e. The number of fused-ring (bicyclic) bond motifs is 3. The number of ether oxygens (including phenoxy) is 5. The molecular formula is C26H31ClO10. The summed E-state index contributed by atoms with van der Waals surface area (Å²) in [6.45, 7) is 12.4. The van der Waals surface area contributed by atoms with E-state index < -0.39 is 87.9 Å². The molecule has 2 bridgehead atoms. The number of rotatable bonds is 3. The van der Waals surface area contributed by atoms with Crippen LogP contribution >= 0.6 is 11.6 Å². The van der Waals surface area contributed by atoms with E-state index in [1.165, 1.54) is 33.8 Å². The van der Waals surface area contributed by atoms with Gasteiger partial charge < -0.3 is 23.7 Å². The van der Waals surface area contributed by atoms with Gasteiger partial charge >= 0.3 is 23.9 Å². The lowest BCUT2D eigenvalue weighted by molar-refractivity contribution is -0.319. The van der Waals surface area contributed by atoms with Gasteiger partial charge in [0.2, 0.25) is 0 Å². The summed E-state index contributed by atoms with van der Waals surface area (Å²) in [6, 6.07) is 0. The molecule has 3 saturated heterocycles. The van der Waals surface area contributed by atoms with Crippen molar-refractivity contribution in [2.75, 3.05) is 0 Å². The monoisotopic (exact) mass is 538 g/mol. The van der Waals surface area contributed by atoms with Crippen molar-refractivity contribution < 1.29 is 47.7 Å².